The number of benzene rings is 2. The predicted octanol–water partition coefficient (Wildman–Crippen LogP) is 4.00. The normalized spacial score (nSPS) is 21.5. The van der Waals surface area contributed by atoms with E-state index in [9.17, 15) is 14.4 Å². The van der Waals surface area contributed by atoms with Crippen molar-refractivity contribution in [3.05, 3.63) is 64.7 Å². The van der Waals surface area contributed by atoms with Gasteiger partial charge >= 0.3 is 0 Å². The van der Waals surface area contributed by atoms with E-state index in [1.807, 2.05) is 12.1 Å². The average molecular weight is 490 g/mol. The summed E-state index contributed by atoms with van der Waals surface area (Å²) in [6.07, 6.45) is 2.95. The van der Waals surface area contributed by atoms with Gasteiger partial charge in [0.1, 0.15) is 18.4 Å². The largest absolute Gasteiger partial charge is 0.489 e. The maximum atomic E-state index is 13.0. The zero-order valence-corrected chi connectivity index (χ0v) is 21.4. The van der Waals surface area contributed by atoms with Gasteiger partial charge in [0, 0.05) is 23.1 Å². The van der Waals surface area contributed by atoms with Crippen LogP contribution in [-0.4, -0.2) is 52.2 Å². The second-order valence-corrected chi connectivity index (χ2v) is 11.1. The maximum absolute atomic E-state index is 13.0. The van der Waals surface area contributed by atoms with Crippen molar-refractivity contribution in [1.82, 2.24) is 15.1 Å². The van der Waals surface area contributed by atoms with Crippen molar-refractivity contribution >= 4 is 17.7 Å². The van der Waals surface area contributed by atoms with Gasteiger partial charge < -0.3 is 9.64 Å². The van der Waals surface area contributed by atoms with Gasteiger partial charge in [-0.3, -0.25) is 24.6 Å². The van der Waals surface area contributed by atoms with Gasteiger partial charge in [0.25, 0.3) is 5.91 Å². The van der Waals surface area contributed by atoms with Crippen LogP contribution in [0.25, 0.3) is 0 Å². The average Bonchev–Trinajstić information content (AvgIpc) is 3.19. The molecule has 5 rings (SSSR count). The minimum atomic E-state index is -0.627. The van der Waals surface area contributed by atoms with Crippen molar-refractivity contribution in [1.29, 1.82) is 0 Å². The van der Waals surface area contributed by atoms with Crippen LogP contribution in [0, 0.1) is 0 Å². The number of hydrogen-bond donors (Lipinski definition) is 1. The highest BCUT2D eigenvalue weighted by Crippen LogP contribution is 2.34. The van der Waals surface area contributed by atoms with E-state index in [-0.39, 0.29) is 23.8 Å². The number of piperidine rings is 2. The molecule has 2 aromatic carbocycles. The summed E-state index contributed by atoms with van der Waals surface area (Å²) in [5.41, 5.74) is 4.06. The summed E-state index contributed by atoms with van der Waals surface area (Å²) in [4.78, 5) is 41.0. The molecule has 0 aromatic heterocycles. The molecule has 2 aromatic rings. The fourth-order valence-electron chi connectivity index (χ4n) is 5.62. The number of amides is 3. The lowest BCUT2D eigenvalue weighted by molar-refractivity contribution is -0.136. The van der Waals surface area contributed by atoms with Gasteiger partial charge in [-0.15, -0.1) is 0 Å². The zero-order chi connectivity index (χ0) is 25.4. The first-order valence-corrected chi connectivity index (χ1v) is 12.9. The van der Waals surface area contributed by atoms with E-state index in [1.165, 1.54) is 18.4 Å². The van der Waals surface area contributed by atoms with Gasteiger partial charge in [-0.05, 0) is 82.3 Å². The van der Waals surface area contributed by atoms with Gasteiger partial charge in [-0.25, -0.2) is 0 Å². The Bertz CT molecular complexity index is 1160. The number of nitrogens with zero attached hydrogens (tertiary/aromatic N) is 2. The third-order valence-electron chi connectivity index (χ3n) is 7.83. The van der Waals surface area contributed by atoms with E-state index in [0.717, 1.165) is 24.2 Å². The molecule has 0 radical (unpaired) electrons. The van der Waals surface area contributed by atoms with Crippen molar-refractivity contribution in [2.24, 2.45) is 0 Å². The number of carbonyl (C=O) groups is 3. The number of hydrogen-bond acceptors (Lipinski definition) is 5. The van der Waals surface area contributed by atoms with Crippen LogP contribution in [0.4, 0.5) is 0 Å². The molecule has 0 bridgehead atoms. The summed E-state index contributed by atoms with van der Waals surface area (Å²) < 4.78 is 6.16. The number of nitrogens with one attached hydrogen (secondary N) is 1. The molecule has 0 aliphatic carbocycles. The minimum Gasteiger partial charge on any atom is -0.489 e. The summed E-state index contributed by atoms with van der Waals surface area (Å²) in [5, 5.41) is 2.35. The summed E-state index contributed by atoms with van der Waals surface area (Å²) in [6.45, 7) is 9.83. The molecule has 3 amide bonds. The molecule has 7 nitrogen and oxygen atoms in total. The lowest BCUT2D eigenvalue weighted by atomic mass is 9.87. The van der Waals surface area contributed by atoms with Crippen LogP contribution in [0.2, 0.25) is 0 Å². The first-order chi connectivity index (χ1) is 17.2. The van der Waals surface area contributed by atoms with E-state index < -0.39 is 11.9 Å². The van der Waals surface area contributed by atoms with Gasteiger partial charge in [0.15, 0.2) is 0 Å². The van der Waals surface area contributed by atoms with Crippen LogP contribution in [0.1, 0.15) is 79.4 Å². The van der Waals surface area contributed by atoms with Crippen molar-refractivity contribution in [2.45, 2.75) is 77.1 Å². The van der Waals surface area contributed by atoms with Crippen LogP contribution in [0.5, 0.6) is 5.75 Å². The third-order valence-corrected chi connectivity index (χ3v) is 7.83. The molecule has 36 heavy (non-hydrogen) atoms. The second kappa shape index (κ2) is 9.69. The molecular weight excluding hydrogens is 454 g/mol. The lowest BCUT2D eigenvalue weighted by Crippen LogP contribution is -2.52. The quantitative estimate of drug-likeness (QED) is 0.643. The molecule has 3 aliphatic rings. The maximum Gasteiger partial charge on any atom is 0.255 e. The van der Waals surface area contributed by atoms with Crippen LogP contribution in [0.15, 0.2) is 42.5 Å². The van der Waals surface area contributed by atoms with E-state index >= 15 is 0 Å². The Balaban J connectivity index is 1.21. The van der Waals surface area contributed by atoms with Gasteiger partial charge in [-0.1, -0.05) is 30.3 Å². The molecule has 7 heteroatoms. The highest BCUT2D eigenvalue weighted by atomic mass is 16.5. The van der Waals surface area contributed by atoms with Crippen LogP contribution in [-0.2, 0) is 22.7 Å². The second-order valence-electron chi connectivity index (χ2n) is 11.1. The van der Waals surface area contributed by atoms with Crippen LogP contribution >= 0.6 is 0 Å². The topological polar surface area (TPSA) is 79.0 Å². The summed E-state index contributed by atoms with van der Waals surface area (Å²) in [5.74, 6) is 0.381. The molecule has 0 spiro atoms. The van der Waals surface area contributed by atoms with Crippen LogP contribution in [0.3, 0.4) is 0 Å². The Morgan fingerprint density at radius 1 is 0.972 bits per heavy atom. The predicted molar refractivity (Wildman–Crippen MR) is 137 cm³/mol. The van der Waals surface area contributed by atoms with E-state index in [2.05, 4.69) is 55.3 Å². The Morgan fingerprint density at radius 3 is 2.36 bits per heavy atom. The number of likely N-dealkylation sites (tertiary alicyclic amines) is 1. The molecule has 1 N–H and O–H groups in total. The fraction of sp³-hybridized carbons (Fsp3) is 0.483. The first-order valence-electron chi connectivity index (χ1n) is 12.9. The van der Waals surface area contributed by atoms with Gasteiger partial charge in [0.05, 0.1) is 6.54 Å². The van der Waals surface area contributed by atoms with E-state index in [0.29, 0.717) is 36.8 Å². The van der Waals surface area contributed by atoms with Crippen molar-refractivity contribution in [2.75, 3.05) is 13.1 Å². The molecule has 1 atom stereocenters. The monoisotopic (exact) mass is 489 g/mol. The zero-order valence-electron chi connectivity index (χ0n) is 21.4. The Hall–Kier alpha value is -3.19. The first kappa shape index (κ1) is 24.5. The summed E-state index contributed by atoms with van der Waals surface area (Å²) in [6, 6.07) is 13.5. The standard InChI is InChI=1S/C29H35N3O4/c1-29(2,3)31-15-13-21(14-16-31)20-9-7-19(8-10-20)18-36-25-6-4-5-22-23(25)17-32(28(22)35)24-11-12-26(33)30-27(24)34/h4-10,21,24H,11-18H2,1-3H3,(H,30,33,34). The lowest BCUT2D eigenvalue weighted by Gasteiger charge is -2.41. The highest BCUT2D eigenvalue weighted by molar-refractivity contribution is 6.05. The third kappa shape index (κ3) is 4.89. The van der Waals surface area contributed by atoms with E-state index in [4.69, 9.17) is 4.74 Å². The fourth-order valence-corrected chi connectivity index (χ4v) is 5.62. The Morgan fingerprint density at radius 2 is 1.69 bits per heavy atom. The molecule has 190 valence electrons. The van der Waals surface area contributed by atoms with Gasteiger partial charge in [0.2, 0.25) is 11.8 Å². The molecule has 1 unspecified atom stereocenters. The molecule has 0 saturated carbocycles. The molecule has 3 heterocycles. The van der Waals surface area contributed by atoms with Crippen molar-refractivity contribution in [3.63, 3.8) is 0 Å². The number of rotatable bonds is 5. The molecule has 2 fully saturated rings. The molecule has 3 aliphatic heterocycles. The summed E-state index contributed by atoms with van der Waals surface area (Å²) in [7, 11) is 0. The van der Waals surface area contributed by atoms with E-state index in [1.54, 1.807) is 11.0 Å². The van der Waals surface area contributed by atoms with Crippen LogP contribution < -0.4 is 10.1 Å². The summed E-state index contributed by atoms with van der Waals surface area (Å²) >= 11 is 0. The van der Waals surface area contributed by atoms with Crippen molar-refractivity contribution < 1.29 is 19.1 Å². The molecule has 2 saturated heterocycles. The number of imide groups is 1. The Labute approximate surface area is 212 Å². The highest BCUT2D eigenvalue weighted by Gasteiger charge is 2.40. The number of carbonyl (C=O) groups excluding carboxylic acids is 3. The Kier molecular flexibility index (Phi) is 6.60. The number of ether oxygens (including phenoxy) is 1. The minimum absolute atomic E-state index is 0.188. The van der Waals surface area contributed by atoms with Crippen molar-refractivity contribution in [3.8, 4) is 5.75 Å². The molecular formula is C29H35N3O4. The smallest absolute Gasteiger partial charge is 0.255 e. The number of fused-ring (bicyclic) bond motifs is 1. The van der Waals surface area contributed by atoms with Gasteiger partial charge in [-0.2, -0.15) is 0 Å². The SMILES string of the molecule is CC(C)(C)N1CCC(c2ccc(COc3cccc4c3CN(C3CCC(=O)NC3=O)C4=O)cc2)CC1.